The van der Waals surface area contributed by atoms with Gasteiger partial charge in [-0.1, -0.05) is 56.1 Å². The third kappa shape index (κ3) is 2.97. The van der Waals surface area contributed by atoms with E-state index >= 15 is 0 Å². The molecule has 28 heavy (non-hydrogen) atoms. The molecule has 0 fully saturated rings. The number of rotatable bonds is 2. The van der Waals surface area contributed by atoms with Crippen molar-refractivity contribution in [3.05, 3.63) is 98.7 Å². The average Bonchev–Trinajstić information content (AvgIpc) is 3.08. The van der Waals surface area contributed by atoms with Gasteiger partial charge in [-0.15, -0.1) is 0 Å². The molecule has 1 aliphatic rings. The van der Waals surface area contributed by atoms with Gasteiger partial charge in [0.2, 0.25) is 5.95 Å². The molecule has 0 aliphatic carbocycles. The quantitative estimate of drug-likeness (QED) is 0.331. The molecule has 4 aromatic rings. The first-order valence-corrected chi connectivity index (χ1v) is 10.4. The van der Waals surface area contributed by atoms with Crippen LogP contribution in [0.3, 0.4) is 0 Å². The highest BCUT2D eigenvalue weighted by Gasteiger charge is 2.27. The number of fused-ring (bicyclic) bond motifs is 3. The van der Waals surface area contributed by atoms with Crippen molar-refractivity contribution >= 4 is 54.5 Å². The Morgan fingerprint density at radius 3 is 2.50 bits per heavy atom. The lowest BCUT2D eigenvalue weighted by Crippen LogP contribution is -2.20. The topological polar surface area (TPSA) is 29.9 Å². The van der Waals surface area contributed by atoms with Crippen molar-refractivity contribution < 1.29 is 4.39 Å². The summed E-state index contributed by atoms with van der Waals surface area (Å²) in [5.41, 5.74) is 4.34. The zero-order valence-corrected chi connectivity index (χ0v) is 17.7. The van der Waals surface area contributed by atoms with Gasteiger partial charge in [0.05, 0.1) is 17.1 Å². The van der Waals surface area contributed by atoms with E-state index in [4.69, 9.17) is 4.98 Å². The molecule has 138 valence electrons. The van der Waals surface area contributed by atoms with Crippen molar-refractivity contribution in [2.24, 2.45) is 0 Å². The van der Waals surface area contributed by atoms with Crippen LogP contribution in [0.4, 0.5) is 10.3 Å². The average molecular weight is 499 g/mol. The first-order valence-electron chi connectivity index (χ1n) is 8.77. The number of para-hydroxylation sites is 2. The van der Waals surface area contributed by atoms with Crippen LogP contribution in [0.15, 0.2) is 81.8 Å². The number of imidazole rings is 1. The third-order valence-corrected chi connectivity index (χ3v) is 5.90. The highest BCUT2D eigenvalue weighted by atomic mass is 79.9. The molecule has 1 aromatic heterocycles. The summed E-state index contributed by atoms with van der Waals surface area (Å²) in [6.45, 7) is 0. The molecular weight excluding hydrogens is 485 g/mol. The highest BCUT2D eigenvalue weighted by molar-refractivity contribution is 9.10. The molecule has 0 amide bonds. The van der Waals surface area contributed by atoms with E-state index in [9.17, 15) is 4.39 Å². The molecule has 5 rings (SSSR count). The minimum absolute atomic E-state index is 0.245. The Morgan fingerprint density at radius 1 is 0.929 bits per heavy atom. The number of hydrogen-bond acceptors (Lipinski definition) is 2. The lowest BCUT2D eigenvalue weighted by Gasteiger charge is -2.27. The maximum absolute atomic E-state index is 14.8. The zero-order chi connectivity index (χ0) is 19.3. The van der Waals surface area contributed by atoms with E-state index in [2.05, 4.69) is 43.3 Å². The first-order chi connectivity index (χ1) is 13.6. The molecule has 0 unspecified atom stereocenters. The van der Waals surface area contributed by atoms with Crippen LogP contribution < -0.4 is 5.32 Å². The summed E-state index contributed by atoms with van der Waals surface area (Å²) in [5, 5.41) is 3.42. The van der Waals surface area contributed by atoms with E-state index in [0.29, 0.717) is 11.5 Å². The smallest absolute Gasteiger partial charge is 0.209 e. The maximum Gasteiger partial charge on any atom is 0.209 e. The number of aromatic nitrogens is 2. The van der Waals surface area contributed by atoms with Gasteiger partial charge in [-0.05, 0) is 54.1 Å². The first kappa shape index (κ1) is 17.6. The molecule has 0 spiro atoms. The molecule has 3 aromatic carbocycles. The Kier molecular flexibility index (Phi) is 4.33. The molecule has 0 bridgehead atoms. The second-order valence-corrected chi connectivity index (χ2v) is 8.45. The minimum Gasteiger partial charge on any atom is -0.325 e. The molecular formula is C22H14Br2FN3. The summed E-state index contributed by atoms with van der Waals surface area (Å²) in [5.74, 6) is 0.455. The van der Waals surface area contributed by atoms with Gasteiger partial charge in [0.25, 0.3) is 0 Å². The van der Waals surface area contributed by atoms with Gasteiger partial charge >= 0.3 is 0 Å². The Hall–Kier alpha value is -2.44. The van der Waals surface area contributed by atoms with Crippen LogP contribution in [0.25, 0.3) is 16.7 Å². The van der Waals surface area contributed by atoms with E-state index in [-0.39, 0.29) is 11.9 Å². The number of allylic oxidation sites excluding steroid dienone is 1. The minimum atomic E-state index is -0.320. The zero-order valence-electron chi connectivity index (χ0n) is 14.5. The number of halogens is 3. The molecule has 0 saturated heterocycles. The Morgan fingerprint density at radius 2 is 1.68 bits per heavy atom. The summed E-state index contributed by atoms with van der Waals surface area (Å²) in [6, 6.07) is 20.7. The van der Waals surface area contributed by atoms with Crippen LogP contribution in [-0.2, 0) is 0 Å². The second kappa shape index (κ2) is 6.87. The fourth-order valence-corrected chi connectivity index (χ4v) is 4.22. The van der Waals surface area contributed by atoms with E-state index in [0.717, 1.165) is 31.2 Å². The summed E-state index contributed by atoms with van der Waals surface area (Å²) in [6.07, 6.45) is 2.05. The van der Waals surface area contributed by atoms with Gasteiger partial charge in [-0.2, -0.15) is 0 Å². The summed E-state index contributed by atoms with van der Waals surface area (Å²) < 4.78 is 18.7. The Bertz CT molecular complexity index is 1230. The number of anilines is 1. The Labute approximate surface area is 178 Å². The summed E-state index contributed by atoms with van der Waals surface area (Å²) in [7, 11) is 0. The molecule has 6 heteroatoms. The van der Waals surface area contributed by atoms with Crippen LogP contribution in [0, 0.1) is 5.82 Å². The highest BCUT2D eigenvalue weighted by Crippen LogP contribution is 2.38. The van der Waals surface area contributed by atoms with Gasteiger partial charge in [0.1, 0.15) is 5.82 Å². The SMILES string of the molecule is Fc1ccc(Br)cc1[C@H]1C=C(c2ccc(Br)cc2)Nc2nc3ccccc3n21. The monoisotopic (exact) mass is 497 g/mol. The largest absolute Gasteiger partial charge is 0.325 e. The number of nitrogens with one attached hydrogen (secondary N) is 1. The van der Waals surface area contributed by atoms with E-state index < -0.39 is 0 Å². The van der Waals surface area contributed by atoms with Crippen molar-refractivity contribution in [3.8, 4) is 0 Å². The fourth-order valence-electron chi connectivity index (χ4n) is 3.58. The molecule has 1 N–H and O–H groups in total. The fraction of sp³-hybridized carbons (Fsp3) is 0.0455. The van der Waals surface area contributed by atoms with Crippen molar-refractivity contribution in [1.82, 2.24) is 9.55 Å². The van der Waals surface area contributed by atoms with Crippen molar-refractivity contribution in [2.45, 2.75) is 6.04 Å². The predicted octanol–water partition coefficient (Wildman–Crippen LogP) is 6.76. The van der Waals surface area contributed by atoms with Crippen LogP contribution in [0.1, 0.15) is 17.2 Å². The number of benzene rings is 3. The van der Waals surface area contributed by atoms with Crippen molar-refractivity contribution in [1.29, 1.82) is 0 Å². The summed E-state index contributed by atoms with van der Waals surface area (Å²) in [4.78, 5) is 4.74. The normalized spacial score (nSPS) is 15.8. The van der Waals surface area contributed by atoms with Gasteiger partial charge < -0.3 is 5.32 Å². The maximum atomic E-state index is 14.8. The van der Waals surface area contributed by atoms with Crippen LogP contribution in [0.5, 0.6) is 0 Å². The number of hydrogen-bond donors (Lipinski definition) is 1. The molecule has 1 aliphatic heterocycles. The van der Waals surface area contributed by atoms with Gasteiger partial charge in [0, 0.05) is 20.2 Å². The van der Waals surface area contributed by atoms with E-state index in [1.54, 1.807) is 6.07 Å². The molecule has 0 saturated carbocycles. The van der Waals surface area contributed by atoms with Crippen LogP contribution >= 0.6 is 31.9 Å². The van der Waals surface area contributed by atoms with Crippen molar-refractivity contribution in [2.75, 3.05) is 5.32 Å². The van der Waals surface area contributed by atoms with Crippen LogP contribution in [0.2, 0.25) is 0 Å². The van der Waals surface area contributed by atoms with E-state index in [1.165, 1.54) is 6.07 Å². The molecule has 2 heterocycles. The second-order valence-electron chi connectivity index (χ2n) is 6.62. The van der Waals surface area contributed by atoms with Gasteiger partial charge in [-0.25, -0.2) is 9.37 Å². The third-order valence-electron chi connectivity index (χ3n) is 4.88. The number of nitrogens with zero attached hydrogens (tertiary/aromatic N) is 2. The standard InChI is InChI=1S/C22H14Br2FN3/c23-14-7-5-13(6-8-14)19-12-21(16-11-15(24)9-10-17(16)25)28-20-4-2-1-3-18(20)26-22(28)27-19/h1-12,21H,(H,26,27)/t21-/m1/s1. The van der Waals surface area contributed by atoms with Crippen molar-refractivity contribution in [3.63, 3.8) is 0 Å². The lowest BCUT2D eigenvalue weighted by molar-refractivity contribution is 0.583. The lowest BCUT2D eigenvalue weighted by atomic mass is 10.0. The van der Waals surface area contributed by atoms with Crippen LogP contribution in [-0.4, -0.2) is 9.55 Å². The van der Waals surface area contributed by atoms with Gasteiger partial charge in [-0.3, -0.25) is 4.57 Å². The van der Waals surface area contributed by atoms with Gasteiger partial charge in [0.15, 0.2) is 0 Å². The molecule has 0 radical (unpaired) electrons. The molecule has 1 atom stereocenters. The predicted molar refractivity (Wildman–Crippen MR) is 118 cm³/mol. The summed E-state index contributed by atoms with van der Waals surface area (Å²) >= 11 is 6.95. The van der Waals surface area contributed by atoms with E-state index in [1.807, 2.05) is 59.2 Å². The Balaban J connectivity index is 1.75. The molecule has 3 nitrogen and oxygen atoms in total.